The molecule has 4 nitrogen and oxygen atoms in total. The molecule has 2 heterocycles. The number of amides is 1. The summed E-state index contributed by atoms with van der Waals surface area (Å²) in [6.45, 7) is 3.05. The molecule has 0 atom stereocenters. The van der Waals surface area contributed by atoms with E-state index in [-0.39, 0.29) is 5.91 Å². The first-order chi connectivity index (χ1) is 12.1. The Labute approximate surface area is 155 Å². The van der Waals surface area contributed by atoms with E-state index in [4.69, 9.17) is 4.74 Å². The third-order valence-electron chi connectivity index (χ3n) is 3.73. The summed E-state index contributed by atoms with van der Waals surface area (Å²) in [5.41, 5.74) is 1.98. The van der Waals surface area contributed by atoms with Gasteiger partial charge in [0.2, 0.25) is 5.91 Å². The molecule has 130 valence electrons. The van der Waals surface area contributed by atoms with Gasteiger partial charge in [-0.15, -0.1) is 22.7 Å². The van der Waals surface area contributed by atoms with E-state index in [1.165, 1.54) is 0 Å². The van der Waals surface area contributed by atoms with Crippen LogP contribution in [0.4, 0.5) is 0 Å². The minimum atomic E-state index is 0.0517. The zero-order valence-electron chi connectivity index (χ0n) is 14.3. The van der Waals surface area contributed by atoms with Crippen molar-refractivity contribution >= 4 is 28.6 Å². The number of thiazole rings is 1. The van der Waals surface area contributed by atoms with E-state index < -0.39 is 0 Å². The Morgan fingerprint density at radius 3 is 2.88 bits per heavy atom. The highest BCUT2D eigenvalue weighted by molar-refractivity contribution is 7.20. The van der Waals surface area contributed by atoms with Crippen LogP contribution >= 0.6 is 22.7 Å². The lowest BCUT2D eigenvalue weighted by atomic mass is 10.2. The summed E-state index contributed by atoms with van der Waals surface area (Å²) in [6, 6.07) is 12.0. The summed E-state index contributed by atoms with van der Waals surface area (Å²) in [6.07, 6.45) is 0.322. The molecule has 0 N–H and O–H groups in total. The molecule has 0 aliphatic rings. The van der Waals surface area contributed by atoms with E-state index in [1.807, 2.05) is 54.1 Å². The van der Waals surface area contributed by atoms with E-state index in [1.54, 1.807) is 34.6 Å². The van der Waals surface area contributed by atoms with Gasteiger partial charge in [-0.1, -0.05) is 18.2 Å². The predicted molar refractivity (Wildman–Crippen MR) is 103 cm³/mol. The molecule has 0 aliphatic carbocycles. The normalized spacial score (nSPS) is 10.6. The molecule has 1 aromatic carbocycles. The van der Waals surface area contributed by atoms with E-state index in [0.717, 1.165) is 26.9 Å². The Morgan fingerprint density at radius 2 is 2.12 bits per heavy atom. The summed E-state index contributed by atoms with van der Waals surface area (Å²) in [5.74, 6) is 0.886. The van der Waals surface area contributed by atoms with Crippen molar-refractivity contribution in [2.24, 2.45) is 0 Å². The molecule has 6 heteroatoms. The average molecular weight is 373 g/mol. The number of aryl methyl sites for hydroxylation is 1. The average Bonchev–Trinajstić information content (AvgIpc) is 3.26. The predicted octanol–water partition coefficient (Wildman–Crippen LogP) is 4.26. The van der Waals surface area contributed by atoms with Gasteiger partial charge in [0.25, 0.3) is 0 Å². The largest absolute Gasteiger partial charge is 0.492 e. The van der Waals surface area contributed by atoms with E-state index in [0.29, 0.717) is 19.6 Å². The van der Waals surface area contributed by atoms with Gasteiger partial charge in [-0.05, 0) is 36.1 Å². The highest BCUT2D eigenvalue weighted by atomic mass is 32.1. The number of carbonyl (C=O) groups excluding carboxylic acids is 1. The zero-order chi connectivity index (χ0) is 17.6. The molecule has 3 aromatic rings. The van der Waals surface area contributed by atoms with Crippen LogP contribution in [0.5, 0.6) is 5.75 Å². The number of hydrogen-bond donors (Lipinski definition) is 0. The number of aromatic nitrogens is 1. The van der Waals surface area contributed by atoms with Gasteiger partial charge in [0.1, 0.15) is 17.4 Å². The van der Waals surface area contributed by atoms with Crippen molar-refractivity contribution in [3.63, 3.8) is 0 Å². The Bertz CT molecular complexity index is 828. The van der Waals surface area contributed by atoms with Crippen LogP contribution in [0.1, 0.15) is 11.3 Å². The fourth-order valence-electron chi connectivity index (χ4n) is 2.32. The van der Waals surface area contributed by atoms with E-state index >= 15 is 0 Å². The molecule has 0 aliphatic heterocycles. The van der Waals surface area contributed by atoms with Gasteiger partial charge in [-0.2, -0.15) is 0 Å². The van der Waals surface area contributed by atoms with Gasteiger partial charge in [0.15, 0.2) is 0 Å². The highest BCUT2D eigenvalue weighted by Gasteiger charge is 2.13. The van der Waals surface area contributed by atoms with Crippen molar-refractivity contribution in [3.8, 4) is 15.6 Å². The van der Waals surface area contributed by atoms with Crippen molar-refractivity contribution in [3.05, 3.63) is 58.4 Å². The second kappa shape index (κ2) is 8.27. The van der Waals surface area contributed by atoms with Crippen LogP contribution in [-0.2, 0) is 11.2 Å². The van der Waals surface area contributed by atoms with Gasteiger partial charge < -0.3 is 9.64 Å². The third-order valence-corrected chi connectivity index (χ3v) is 5.66. The van der Waals surface area contributed by atoms with Crippen molar-refractivity contribution in [1.29, 1.82) is 0 Å². The van der Waals surface area contributed by atoms with Crippen LogP contribution in [-0.4, -0.2) is 36.0 Å². The van der Waals surface area contributed by atoms with Crippen molar-refractivity contribution in [2.45, 2.75) is 13.3 Å². The number of likely N-dealkylation sites (N-methyl/N-ethyl adjacent to an activating group) is 1. The number of hydrogen-bond acceptors (Lipinski definition) is 5. The van der Waals surface area contributed by atoms with Crippen LogP contribution in [0.15, 0.2) is 47.2 Å². The SMILES string of the molecule is Cc1cccc(OCCN(C)C(=O)Cc2csc(-c3cccs3)n2)c1. The molecule has 0 fully saturated rings. The van der Waals surface area contributed by atoms with Crippen LogP contribution in [0, 0.1) is 6.92 Å². The summed E-state index contributed by atoms with van der Waals surface area (Å²) < 4.78 is 5.70. The van der Waals surface area contributed by atoms with E-state index in [9.17, 15) is 4.79 Å². The van der Waals surface area contributed by atoms with Gasteiger partial charge in [-0.25, -0.2) is 4.98 Å². The maximum absolute atomic E-state index is 12.3. The maximum atomic E-state index is 12.3. The molecule has 0 saturated heterocycles. The van der Waals surface area contributed by atoms with Gasteiger partial charge in [-0.3, -0.25) is 4.79 Å². The first kappa shape index (κ1) is 17.6. The molecular formula is C19H20N2O2S2. The molecule has 0 saturated carbocycles. The smallest absolute Gasteiger partial charge is 0.228 e. The Morgan fingerprint density at radius 1 is 1.24 bits per heavy atom. The molecule has 0 bridgehead atoms. The number of nitrogens with zero attached hydrogens (tertiary/aromatic N) is 2. The quantitative estimate of drug-likeness (QED) is 0.622. The van der Waals surface area contributed by atoms with Crippen LogP contribution in [0.2, 0.25) is 0 Å². The highest BCUT2D eigenvalue weighted by Crippen LogP contribution is 2.27. The zero-order valence-corrected chi connectivity index (χ0v) is 15.9. The molecule has 3 rings (SSSR count). The fourth-order valence-corrected chi connectivity index (χ4v) is 3.96. The lowest BCUT2D eigenvalue weighted by Gasteiger charge is -2.17. The first-order valence-corrected chi connectivity index (χ1v) is 9.79. The minimum Gasteiger partial charge on any atom is -0.492 e. The summed E-state index contributed by atoms with van der Waals surface area (Å²) in [7, 11) is 1.80. The van der Waals surface area contributed by atoms with Crippen LogP contribution in [0.3, 0.4) is 0 Å². The maximum Gasteiger partial charge on any atom is 0.228 e. The first-order valence-electron chi connectivity index (χ1n) is 8.03. The molecule has 2 aromatic heterocycles. The van der Waals surface area contributed by atoms with Crippen molar-refractivity contribution < 1.29 is 9.53 Å². The monoisotopic (exact) mass is 372 g/mol. The molecular weight excluding hydrogens is 352 g/mol. The van der Waals surface area contributed by atoms with Gasteiger partial charge >= 0.3 is 0 Å². The Kier molecular flexibility index (Phi) is 5.83. The summed E-state index contributed by atoms with van der Waals surface area (Å²) >= 11 is 3.24. The molecule has 25 heavy (non-hydrogen) atoms. The molecule has 0 spiro atoms. The van der Waals surface area contributed by atoms with Gasteiger partial charge in [0, 0.05) is 12.4 Å². The Balaban J connectivity index is 1.47. The number of thiophene rings is 1. The van der Waals surface area contributed by atoms with E-state index in [2.05, 4.69) is 4.98 Å². The van der Waals surface area contributed by atoms with Crippen LogP contribution < -0.4 is 4.74 Å². The topological polar surface area (TPSA) is 42.4 Å². The number of benzene rings is 1. The summed E-state index contributed by atoms with van der Waals surface area (Å²) in [4.78, 5) is 19.7. The van der Waals surface area contributed by atoms with Gasteiger partial charge in [0.05, 0.1) is 23.5 Å². The lowest BCUT2D eigenvalue weighted by Crippen LogP contribution is -2.32. The van der Waals surface area contributed by atoms with Crippen LogP contribution in [0.25, 0.3) is 9.88 Å². The minimum absolute atomic E-state index is 0.0517. The standard InChI is InChI=1S/C19H20N2O2S2/c1-14-5-3-6-16(11-14)23-9-8-21(2)18(22)12-15-13-25-19(20-15)17-7-4-10-24-17/h3-7,10-11,13H,8-9,12H2,1-2H3. The molecule has 1 amide bonds. The lowest BCUT2D eigenvalue weighted by molar-refractivity contribution is -0.129. The fraction of sp³-hybridized carbons (Fsp3) is 0.263. The molecule has 0 unspecified atom stereocenters. The second-order valence-corrected chi connectivity index (χ2v) is 7.58. The number of rotatable bonds is 7. The molecule has 0 radical (unpaired) electrons. The Hall–Kier alpha value is -2.18. The van der Waals surface area contributed by atoms with Crippen molar-refractivity contribution in [1.82, 2.24) is 9.88 Å². The number of carbonyl (C=O) groups is 1. The summed E-state index contributed by atoms with van der Waals surface area (Å²) in [5, 5.41) is 4.97. The number of ether oxygens (including phenoxy) is 1. The second-order valence-electron chi connectivity index (χ2n) is 5.78. The third kappa shape index (κ3) is 4.90. The van der Waals surface area contributed by atoms with Crippen molar-refractivity contribution in [2.75, 3.05) is 20.2 Å².